The lowest BCUT2D eigenvalue weighted by Gasteiger charge is -2.04. The molecule has 1 heterocycles. The van der Waals surface area contributed by atoms with Crippen LogP contribution in [0.4, 0.5) is 5.95 Å². The minimum Gasteiger partial charge on any atom is -0.390 e. The van der Waals surface area contributed by atoms with E-state index in [-0.39, 0.29) is 18.4 Å². The fourth-order valence-electron chi connectivity index (χ4n) is 0.892. The van der Waals surface area contributed by atoms with Crippen molar-refractivity contribution in [3.8, 4) is 0 Å². The topological polar surface area (TPSA) is 81.2 Å². The third kappa shape index (κ3) is 2.40. The van der Waals surface area contributed by atoms with E-state index in [0.29, 0.717) is 0 Å². The van der Waals surface area contributed by atoms with Gasteiger partial charge >= 0.3 is 5.95 Å². The highest BCUT2D eigenvalue weighted by molar-refractivity contribution is 6.18. The molecule has 1 N–H and O–H groups in total. The Morgan fingerprint density at radius 3 is 3.08 bits per heavy atom. The molecule has 0 aromatic carbocycles. The predicted octanol–water partition coefficient (Wildman–Crippen LogP) is 0.391. The summed E-state index contributed by atoms with van der Waals surface area (Å²) in [7, 11) is 0. The minimum atomic E-state index is -0.797. The average molecular weight is 206 g/mol. The Morgan fingerprint density at radius 1 is 1.85 bits per heavy atom. The molecule has 0 unspecified atom stereocenters. The number of halogens is 1. The summed E-state index contributed by atoms with van der Waals surface area (Å²) in [5.41, 5.74) is 0. The van der Waals surface area contributed by atoms with Gasteiger partial charge in [0.05, 0.1) is 18.5 Å². The molecule has 0 aliphatic carbocycles. The number of aliphatic hydroxyl groups is 1. The molecule has 0 amide bonds. The van der Waals surface area contributed by atoms with Gasteiger partial charge < -0.3 is 15.2 Å². The number of aliphatic hydroxyl groups excluding tert-OH is 1. The zero-order valence-corrected chi connectivity index (χ0v) is 7.39. The molecular formula is C6H8ClN3O3. The molecule has 0 radical (unpaired) electrons. The van der Waals surface area contributed by atoms with Crippen LogP contribution in [0.5, 0.6) is 0 Å². The van der Waals surface area contributed by atoms with Crippen molar-refractivity contribution in [1.29, 1.82) is 0 Å². The van der Waals surface area contributed by atoms with Crippen LogP contribution in [0.25, 0.3) is 0 Å². The highest BCUT2D eigenvalue weighted by Crippen LogP contribution is 2.08. The first-order chi connectivity index (χ1) is 6.15. The van der Waals surface area contributed by atoms with Gasteiger partial charge in [-0.3, -0.25) is 0 Å². The second-order valence-corrected chi connectivity index (χ2v) is 2.75. The maximum absolute atomic E-state index is 10.4. The van der Waals surface area contributed by atoms with Gasteiger partial charge in [0.25, 0.3) is 0 Å². The van der Waals surface area contributed by atoms with Gasteiger partial charge in [-0.25, -0.2) is 4.57 Å². The summed E-state index contributed by atoms with van der Waals surface area (Å²) in [6.45, 7) is 0.0831. The van der Waals surface area contributed by atoms with E-state index in [1.54, 1.807) is 0 Å². The summed E-state index contributed by atoms with van der Waals surface area (Å²) in [6.07, 6.45) is 1.93. The van der Waals surface area contributed by atoms with Gasteiger partial charge in [0, 0.05) is 0 Å². The summed E-state index contributed by atoms with van der Waals surface area (Å²) in [5, 5.41) is 19.5. The number of alkyl halides is 1. The Bertz CT molecular complexity index is 301. The molecule has 0 aliphatic heterocycles. The number of rotatable bonds is 4. The highest BCUT2D eigenvalue weighted by Gasteiger charge is 2.16. The minimum absolute atomic E-state index is 0.0370. The van der Waals surface area contributed by atoms with Crippen LogP contribution in [0.15, 0.2) is 12.4 Å². The van der Waals surface area contributed by atoms with E-state index in [2.05, 4.69) is 4.98 Å². The van der Waals surface area contributed by atoms with Crippen LogP contribution in [-0.2, 0) is 6.54 Å². The highest BCUT2D eigenvalue weighted by atomic mass is 35.5. The standard InChI is InChI=1S/C6H8ClN3O3/c7-3-5(11)4-9-2-1-8-6(9)10(12)13/h1-2,5,11H,3-4H2/t5-/m0/s1. The molecule has 13 heavy (non-hydrogen) atoms. The van der Waals surface area contributed by atoms with Crippen molar-refractivity contribution >= 4 is 17.5 Å². The molecule has 7 heteroatoms. The molecule has 0 aliphatic rings. The molecule has 0 saturated heterocycles. The smallest absolute Gasteiger partial charge is 0.390 e. The predicted molar refractivity (Wildman–Crippen MR) is 45.6 cm³/mol. The Morgan fingerprint density at radius 2 is 2.54 bits per heavy atom. The van der Waals surface area contributed by atoms with Crippen LogP contribution in [0, 0.1) is 10.1 Å². The normalized spacial score (nSPS) is 12.8. The molecular weight excluding hydrogens is 198 g/mol. The van der Waals surface area contributed by atoms with Gasteiger partial charge in [-0.15, -0.1) is 11.6 Å². The van der Waals surface area contributed by atoms with E-state index in [0.717, 1.165) is 0 Å². The van der Waals surface area contributed by atoms with Crippen molar-refractivity contribution in [1.82, 2.24) is 9.55 Å². The summed E-state index contributed by atoms with van der Waals surface area (Å²) in [5.74, 6) is -0.251. The van der Waals surface area contributed by atoms with Gasteiger partial charge in [0.15, 0.2) is 0 Å². The number of hydrogen-bond acceptors (Lipinski definition) is 4. The Balaban J connectivity index is 2.76. The SMILES string of the molecule is O=[N+]([O-])c1nccn1C[C@@H](O)CCl. The monoisotopic (exact) mass is 205 g/mol. The van der Waals surface area contributed by atoms with E-state index in [4.69, 9.17) is 16.7 Å². The molecule has 0 saturated carbocycles. The number of aromatic nitrogens is 2. The first-order valence-electron chi connectivity index (χ1n) is 3.54. The zero-order valence-electron chi connectivity index (χ0n) is 6.63. The maximum Gasteiger partial charge on any atom is 0.434 e. The van der Waals surface area contributed by atoms with Crippen LogP contribution in [0.3, 0.4) is 0 Å². The van der Waals surface area contributed by atoms with E-state index in [1.165, 1.54) is 17.0 Å². The molecule has 1 rings (SSSR count). The van der Waals surface area contributed by atoms with Crippen LogP contribution in [0.2, 0.25) is 0 Å². The molecule has 72 valence electrons. The summed E-state index contributed by atoms with van der Waals surface area (Å²) in [4.78, 5) is 13.3. The van der Waals surface area contributed by atoms with Crippen molar-refractivity contribution in [2.45, 2.75) is 12.6 Å². The van der Waals surface area contributed by atoms with Gasteiger partial charge in [-0.1, -0.05) is 4.98 Å². The lowest BCUT2D eigenvalue weighted by Crippen LogP contribution is -2.18. The third-order valence-corrected chi connectivity index (χ3v) is 1.80. The first kappa shape index (κ1) is 9.94. The van der Waals surface area contributed by atoms with Crippen molar-refractivity contribution in [3.05, 3.63) is 22.5 Å². The van der Waals surface area contributed by atoms with Gasteiger partial charge in [0.1, 0.15) is 12.4 Å². The second-order valence-electron chi connectivity index (χ2n) is 2.44. The lowest BCUT2D eigenvalue weighted by atomic mass is 10.4. The summed E-state index contributed by atoms with van der Waals surface area (Å²) < 4.78 is 1.24. The Labute approximate surface area is 78.9 Å². The molecule has 0 fully saturated rings. The summed E-state index contributed by atoms with van der Waals surface area (Å²) >= 11 is 5.35. The molecule has 1 atom stereocenters. The molecule has 0 bridgehead atoms. The fraction of sp³-hybridized carbons (Fsp3) is 0.500. The fourth-order valence-corrected chi connectivity index (χ4v) is 0.989. The van der Waals surface area contributed by atoms with E-state index >= 15 is 0 Å². The average Bonchev–Trinajstić information content (AvgIpc) is 2.52. The van der Waals surface area contributed by atoms with Crippen LogP contribution < -0.4 is 0 Å². The first-order valence-corrected chi connectivity index (χ1v) is 4.08. The molecule has 1 aromatic heterocycles. The largest absolute Gasteiger partial charge is 0.434 e. The molecule has 0 spiro atoms. The maximum atomic E-state index is 10.4. The van der Waals surface area contributed by atoms with E-state index in [9.17, 15) is 10.1 Å². The van der Waals surface area contributed by atoms with Crippen molar-refractivity contribution < 1.29 is 10.0 Å². The van der Waals surface area contributed by atoms with Crippen molar-refractivity contribution in [2.24, 2.45) is 0 Å². The van der Waals surface area contributed by atoms with E-state index in [1.807, 2.05) is 0 Å². The summed E-state index contributed by atoms with van der Waals surface area (Å²) in [6, 6.07) is 0. The number of nitrogens with zero attached hydrogens (tertiary/aromatic N) is 3. The van der Waals surface area contributed by atoms with Gasteiger partial charge in [0.2, 0.25) is 0 Å². The molecule has 6 nitrogen and oxygen atoms in total. The van der Waals surface area contributed by atoms with Crippen LogP contribution in [0.1, 0.15) is 0 Å². The third-order valence-electron chi connectivity index (χ3n) is 1.44. The second kappa shape index (κ2) is 4.20. The van der Waals surface area contributed by atoms with E-state index < -0.39 is 11.0 Å². The van der Waals surface area contributed by atoms with Crippen molar-refractivity contribution in [3.63, 3.8) is 0 Å². The van der Waals surface area contributed by atoms with Gasteiger partial charge in [-0.05, 0) is 4.92 Å². The van der Waals surface area contributed by atoms with Crippen LogP contribution in [-0.4, -0.2) is 31.6 Å². The quantitative estimate of drug-likeness (QED) is 0.438. The van der Waals surface area contributed by atoms with Crippen LogP contribution >= 0.6 is 11.6 Å². The Hall–Kier alpha value is -1.14. The number of imidazole rings is 1. The van der Waals surface area contributed by atoms with Crippen molar-refractivity contribution in [2.75, 3.05) is 5.88 Å². The number of nitro groups is 1. The lowest BCUT2D eigenvalue weighted by molar-refractivity contribution is -0.397. The Kier molecular flexibility index (Phi) is 3.21. The zero-order chi connectivity index (χ0) is 9.84. The molecule has 1 aromatic rings. The van der Waals surface area contributed by atoms with Gasteiger partial charge in [-0.2, -0.15) is 0 Å². The number of hydrogen-bond donors (Lipinski definition) is 1.